The average Bonchev–Trinajstić information content (AvgIpc) is 2.99. The molecule has 1 aliphatic rings. The molecule has 0 atom stereocenters. The Hall–Kier alpha value is -1.83. The Kier molecular flexibility index (Phi) is 6.01. The van der Waals surface area contributed by atoms with Crippen LogP contribution in [0.15, 0.2) is 29.2 Å². The fraction of sp³-hybridized carbons (Fsp3) is 0.368. The van der Waals surface area contributed by atoms with E-state index in [1.165, 1.54) is 11.3 Å². The molecule has 2 amide bonds. The highest BCUT2D eigenvalue weighted by molar-refractivity contribution is 7.99. The lowest BCUT2D eigenvalue weighted by atomic mass is 10.0. The lowest BCUT2D eigenvalue weighted by molar-refractivity contribution is 0.1000. The molecule has 2 aromatic rings. The quantitative estimate of drug-likeness (QED) is 0.741. The topological polar surface area (TPSA) is 75.4 Å². The van der Waals surface area contributed by atoms with E-state index < -0.39 is 5.91 Å². The maximum atomic E-state index is 12.7. The molecule has 0 saturated heterocycles. The number of fused-ring (bicyclic) bond motifs is 1. The largest absolute Gasteiger partial charge is 0.365 e. The van der Waals surface area contributed by atoms with Gasteiger partial charge in [0.05, 0.1) is 5.56 Å². The molecule has 3 N–H and O–H groups in total. The van der Waals surface area contributed by atoms with Gasteiger partial charge in [0.25, 0.3) is 11.8 Å². The molecule has 1 aromatic carbocycles. The van der Waals surface area contributed by atoms with Crippen molar-refractivity contribution in [3.63, 3.8) is 0 Å². The second-order valence-electron chi connectivity index (χ2n) is 6.11. The Bertz CT molecular complexity index is 832. The molecule has 2 heterocycles. The van der Waals surface area contributed by atoms with Gasteiger partial charge in [-0.1, -0.05) is 19.9 Å². The highest BCUT2D eigenvalue weighted by atomic mass is 32.2. The summed E-state index contributed by atoms with van der Waals surface area (Å²) in [4.78, 5) is 29.2. The van der Waals surface area contributed by atoms with E-state index in [0.717, 1.165) is 47.1 Å². The third kappa shape index (κ3) is 3.95. The number of likely N-dealkylation sites (N-methyl/N-ethyl adjacent to an activating group) is 1. The summed E-state index contributed by atoms with van der Waals surface area (Å²) >= 11 is 3.16. The second-order valence-corrected chi connectivity index (χ2v) is 8.55. The number of thioether (sulfide) groups is 1. The molecule has 5 nitrogen and oxygen atoms in total. The molecule has 1 aliphatic heterocycles. The number of thiophene rings is 1. The fourth-order valence-electron chi connectivity index (χ4n) is 3.14. The number of hydrogen-bond donors (Lipinski definition) is 2. The van der Waals surface area contributed by atoms with Crippen molar-refractivity contribution in [1.29, 1.82) is 0 Å². The minimum absolute atomic E-state index is 0.211. The van der Waals surface area contributed by atoms with Crippen molar-refractivity contribution in [3.05, 3.63) is 45.8 Å². The van der Waals surface area contributed by atoms with Gasteiger partial charge in [0.1, 0.15) is 5.00 Å². The predicted octanol–water partition coefficient (Wildman–Crippen LogP) is 3.59. The number of amides is 2. The first kappa shape index (κ1) is 18.9. The van der Waals surface area contributed by atoms with Crippen LogP contribution in [0.4, 0.5) is 5.00 Å². The number of carbonyl (C=O) groups excluding carboxylic acids is 2. The van der Waals surface area contributed by atoms with Crippen molar-refractivity contribution in [1.82, 2.24) is 4.90 Å². The number of rotatable bonds is 6. The van der Waals surface area contributed by atoms with Crippen molar-refractivity contribution < 1.29 is 9.59 Å². The normalized spacial score (nSPS) is 14.1. The summed E-state index contributed by atoms with van der Waals surface area (Å²) in [5, 5.41) is 3.49. The number of benzene rings is 1. The first-order valence-corrected chi connectivity index (χ1v) is 10.5. The summed E-state index contributed by atoms with van der Waals surface area (Å²) in [6, 6.07) is 7.52. The summed E-state index contributed by atoms with van der Waals surface area (Å²) in [7, 11) is 0. The molecule has 0 aliphatic carbocycles. The number of anilines is 1. The van der Waals surface area contributed by atoms with Gasteiger partial charge >= 0.3 is 0 Å². The Balaban J connectivity index is 1.87. The zero-order valence-corrected chi connectivity index (χ0v) is 16.6. The Morgan fingerprint density at radius 3 is 2.85 bits per heavy atom. The van der Waals surface area contributed by atoms with Crippen molar-refractivity contribution in [3.8, 4) is 0 Å². The Morgan fingerprint density at radius 1 is 1.35 bits per heavy atom. The van der Waals surface area contributed by atoms with Crippen LogP contribution in [-0.4, -0.2) is 35.6 Å². The van der Waals surface area contributed by atoms with Gasteiger partial charge in [-0.05, 0) is 42.5 Å². The van der Waals surface area contributed by atoms with Gasteiger partial charge in [-0.25, -0.2) is 0 Å². The number of primary amides is 1. The van der Waals surface area contributed by atoms with E-state index in [1.54, 1.807) is 17.8 Å². The zero-order valence-electron chi connectivity index (χ0n) is 15.0. The molecule has 1 aromatic heterocycles. The van der Waals surface area contributed by atoms with Gasteiger partial charge in [-0.3, -0.25) is 14.5 Å². The number of nitrogens with zero attached hydrogens (tertiary/aromatic N) is 1. The van der Waals surface area contributed by atoms with Gasteiger partial charge in [-0.2, -0.15) is 0 Å². The van der Waals surface area contributed by atoms with Gasteiger partial charge in [0.2, 0.25) is 0 Å². The minimum atomic E-state index is -0.474. The van der Waals surface area contributed by atoms with Gasteiger partial charge in [0.15, 0.2) is 0 Å². The van der Waals surface area contributed by atoms with Gasteiger partial charge < -0.3 is 11.1 Å². The van der Waals surface area contributed by atoms with Crippen LogP contribution >= 0.6 is 23.1 Å². The molecule has 0 fully saturated rings. The smallest absolute Gasteiger partial charge is 0.256 e. The van der Waals surface area contributed by atoms with E-state index in [-0.39, 0.29) is 5.91 Å². The minimum Gasteiger partial charge on any atom is -0.365 e. The lowest BCUT2D eigenvalue weighted by Gasteiger charge is -2.25. The standard InChI is InChI=1S/C19H23N3O2S2/c1-3-22-9-8-14-15(11-22)26-19(16(14)17(20)23)21-18(24)12-6-5-7-13(10-12)25-4-2/h5-7,10H,3-4,8-9,11H2,1-2H3,(H2,20,23)(H,21,24). The van der Waals surface area contributed by atoms with E-state index >= 15 is 0 Å². The van der Waals surface area contributed by atoms with Crippen LogP contribution in [0, 0.1) is 0 Å². The van der Waals surface area contributed by atoms with Crippen LogP contribution in [0.5, 0.6) is 0 Å². The maximum Gasteiger partial charge on any atom is 0.256 e. The third-order valence-electron chi connectivity index (χ3n) is 4.46. The Morgan fingerprint density at radius 2 is 2.15 bits per heavy atom. The zero-order chi connectivity index (χ0) is 18.7. The molecule has 26 heavy (non-hydrogen) atoms. The highest BCUT2D eigenvalue weighted by Crippen LogP contribution is 2.37. The first-order chi connectivity index (χ1) is 12.5. The molecular weight excluding hydrogens is 366 g/mol. The molecule has 7 heteroatoms. The lowest BCUT2D eigenvalue weighted by Crippen LogP contribution is -2.30. The monoisotopic (exact) mass is 389 g/mol. The first-order valence-electron chi connectivity index (χ1n) is 8.74. The number of hydrogen-bond acceptors (Lipinski definition) is 5. The molecule has 0 unspecified atom stereocenters. The Labute approximate surface area is 162 Å². The fourth-order valence-corrected chi connectivity index (χ4v) is 5.15. The summed E-state index contributed by atoms with van der Waals surface area (Å²) < 4.78 is 0. The van der Waals surface area contributed by atoms with Crippen LogP contribution in [0.3, 0.4) is 0 Å². The summed E-state index contributed by atoms with van der Waals surface area (Å²) in [6.07, 6.45) is 0.788. The van der Waals surface area contributed by atoms with E-state index in [0.29, 0.717) is 16.1 Å². The summed E-state index contributed by atoms with van der Waals surface area (Å²) in [6.45, 7) is 6.87. The number of nitrogens with one attached hydrogen (secondary N) is 1. The van der Waals surface area contributed by atoms with Gasteiger partial charge in [0, 0.05) is 28.4 Å². The van der Waals surface area contributed by atoms with Crippen LogP contribution in [0.2, 0.25) is 0 Å². The predicted molar refractivity (Wildman–Crippen MR) is 108 cm³/mol. The van der Waals surface area contributed by atoms with E-state index in [4.69, 9.17) is 5.73 Å². The van der Waals surface area contributed by atoms with Crippen LogP contribution < -0.4 is 11.1 Å². The van der Waals surface area contributed by atoms with E-state index in [9.17, 15) is 9.59 Å². The van der Waals surface area contributed by atoms with Gasteiger partial charge in [-0.15, -0.1) is 23.1 Å². The maximum absolute atomic E-state index is 12.7. The van der Waals surface area contributed by atoms with Crippen molar-refractivity contribution in [2.75, 3.05) is 24.2 Å². The van der Waals surface area contributed by atoms with Crippen LogP contribution in [0.1, 0.15) is 45.0 Å². The summed E-state index contributed by atoms with van der Waals surface area (Å²) in [5.74, 6) is 0.262. The number of carbonyl (C=O) groups is 2. The molecule has 0 saturated carbocycles. The van der Waals surface area contributed by atoms with Crippen LogP contribution in [0.25, 0.3) is 0 Å². The summed E-state index contributed by atoms with van der Waals surface area (Å²) in [5.41, 5.74) is 7.69. The third-order valence-corrected chi connectivity index (χ3v) is 6.47. The van der Waals surface area contributed by atoms with E-state index in [2.05, 4.69) is 24.1 Å². The van der Waals surface area contributed by atoms with Crippen molar-refractivity contribution in [2.45, 2.75) is 31.7 Å². The molecule has 0 spiro atoms. The number of nitrogens with two attached hydrogens (primary N) is 1. The highest BCUT2D eigenvalue weighted by Gasteiger charge is 2.27. The molecular formula is C19H23N3O2S2. The average molecular weight is 390 g/mol. The second kappa shape index (κ2) is 8.24. The molecule has 0 bridgehead atoms. The van der Waals surface area contributed by atoms with Crippen molar-refractivity contribution in [2.24, 2.45) is 5.73 Å². The van der Waals surface area contributed by atoms with Crippen molar-refractivity contribution >= 4 is 39.9 Å². The van der Waals surface area contributed by atoms with Crippen LogP contribution in [-0.2, 0) is 13.0 Å². The van der Waals surface area contributed by atoms with E-state index in [1.807, 2.05) is 18.2 Å². The molecule has 138 valence electrons. The molecule has 3 rings (SSSR count). The SMILES string of the molecule is CCSc1cccc(C(=O)Nc2sc3c(c2C(N)=O)CCN(CC)C3)c1. The molecule has 0 radical (unpaired) electrons.